The van der Waals surface area contributed by atoms with E-state index in [1.807, 2.05) is 34.7 Å². The van der Waals surface area contributed by atoms with Crippen LogP contribution in [0.5, 0.6) is 0 Å². The van der Waals surface area contributed by atoms with Crippen molar-refractivity contribution in [1.29, 1.82) is 0 Å². The minimum atomic E-state index is 0.674. The third-order valence-electron chi connectivity index (χ3n) is 2.46. The number of benzene rings is 1. The Labute approximate surface area is 94.9 Å². The third kappa shape index (κ3) is 4.05. The molecule has 1 aromatic carbocycles. The van der Waals surface area contributed by atoms with Gasteiger partial charge in [-0.25, -0.2) is 0 Å². The van der Waals surface area contributed by atoms with Crippen molar-refractivity contribution >= 4 is 0 Å². The summed E-state index contributed by atoms with van der Waals surface area (Å²) in [6, 6.07) is 9.38. The van der Waals surface area contributed by atoms with E-state index in [1.165, 1.54) is 24.0 Å². The second-order valence-electron chi connectivity index (χ2n) is 3.16. The minimum absolute atomic E-state index is 0.674. The Morgan fingerprint density at radius 1 is 0.933 bits per heavy atom. The summed E-state index contributed by atoms with van der Waals surface area (Å²) in [5.74, 6) is 0. The Balaban J connectivity index is 0.000000442. The molecule has 0 heterocycles. The van der Waals surface area contributed by atoms with Crippen LogP contribution in [0.2, 0.25) is 0 Å². The topological polar surface area (TPSA) is 12.0 Å². The molecule has 0 unspecified atom stereocenters. The van der Waals surface area contributed by atoms with Gasteiger partial charge in [-0.05, 0) is 31.0 Å². The van der Waals surface area contributed by atoms with E-state index in [9.17, 15) is 0 Å². The van der Waals surface area contributed by atoms with Crippen LogP contribution in [0.1, 0.15) is 38.8 Å². The third-order valence-corrected chi connectivity index (χ3v) is 2.46. The first-order valence-electron chi connectivity index (χ1n) is 6.14. The second-order valence-corrected chi connectivity index (χ2v) is 3.16. The fraction of sp³-hybridized carbons (Fsp3) is 0.571. The van der Waals surface area contributed by atoms with E-state index in [2.05, 4.69) is 29.6 Å². The summed E-state index contributed by atoms with van der Waals surface area (Å²) in [4.78, 5) is 0. The molecule has 86 valence electrons. The molecule has 0 atom stereocenters. The molecule has 0 radical (unpaired) electrons. The van der Waals surface area contributed by atoms with Crippen LogP contribution in [0.3, 0.4) is 0 Å². The molecule has 0 aliphatic heterocycles. The average molecular weight is 207 g/mol. The van der Waals surface area contributed by atoms with Crippen molar-refractivity contribution in [3.8, 4) is 0 Å². The zero-order valence-electron chi connectivity index (χ0n) is 10.8. The van der Waals surface area contributed by atoms with Gasteiger partial charge < -0.3 is 5.32 Å². The lowest BCUT2D eigenvalue weighted by Gasteiger charge is -2.04. The van der Waals surface area contributed by atoms with Crippen molar-refractivity contribution in [2.75, 3.05) is 7.05 Å². The summed E-state index contributed by atoms with van der Waals surface area (Å²) in [5.41, 5.74) is 3.04. The molecule has 0 saturated carbocycles. The van der Waals surface area contributed by atoms with E-state index < -0.39 is 0 Å². The van der Waals surface area contributed by atoms with Crippen LogP contribution in [0.4, 0.5) is 0 Å². The number of hydrogen-bond acceptors (Lipinski definition) is 1. The van der Waals surface area contributed by atoms with Gasteiger partial charge in [-0.15, -0.1) is 0 Å². The molecule has 2 rings (SSSR count). The highest BCUT2D eigenvalue weighted by atomic mass is 14.9. The summed E-state index contributed by atoms with van der Waals surface area (Å²) in [6.07, 6.45) is 2.40. The number of fused-ring (bicyclic) bond motifs is 1. The van der Waals surface area contributed by atoms with Crippen molar-refractivity contribution in [1.82, 2.24) is 5.32 Å². The Bertz CT molecular complexity index is 230. The van der Waals surface area contributed by atoms with E-state index in [0.717, 1.165) is 0 Å². The monoisotopic (exact) mass is 207 g/mol. The fourth-order valence-corrected chi connectivity index (χ4v) is 1.76. The summed E-state index contributed by atoms with van der Waals surface area (Å²) >= 11 is 0. The van der Waals surface area contributed by atoms with Gasteiger partial charge in [-0.2, -0.15) is 0 Å². The van der Waals surface area contributed by atoms with Crippen molar-refractivity contribution < 1.29 is 0 Å². The highest BCUT2D eigenvalue weighted by Crippen LogP contribution is 2.20. The molecule has 0 fully saturated rings. The normalized spacial score (nSPS) is 13.1. The molecule has 1 aromatic rings. The lowest BCUT2D eigenvalue weighted by Crippen LogP contribution is -2.24. The van der Waals surface area contributed by atoms with Crippen LogP contribution in [-0.4, -0.2) is 13.1 Å². The van der Waals surface area contributed by atoms with Crippen LogP contribution in [0, 0.1) is 0 Å². The van der Waals surface area contributed by atoms with Crippen LogP contribution in [0.25, 0.3) is 0 Å². The molecule has 0 bridgehead atoms. The lowest BCUT2D eigenvalue weighted by atomic mass is 10.1. The fourth-order valence-electron chi connectivity index (χ4n) is 1.76. The molecule has 0 spiro atoms. The van der Waals surface area contributed by atoms with E-state index >= 15 is 0 Å². The standard InChI is InChI=1S/C10H13N.2C2H6/c1-11-10-6-8-4-2-3-5-9(8)7-10;2*1-2/h2-5,10-11H,6-7H2,1H3;2*1-2H3. The van der Waals surface area contributed by atoms with Gasteiger partial charge in [0.1, 0.15) is 0 Å². The first-order valence-corrected chi connectivity index (χ1v) is 6.14. The van der Waals surface area contributed by atoms with Crippen LogP contribution in [-0.2, 0) is 12.8 Å². The maximum Gasteiger partial charge on any atom is 0.0145 e. The van der Waals surface area contributed by atoms with E-state index in [1.54, 1.807) is 0 Å². The summed E-state index contributed by atoms with van der Waals surface area (Å²) in [5, 5.41) is 3.31. The molecule has 0 aromatic heterocycles. The number of rotatable bonds is 1. The predicted octanol–water partition coefficient (Wildman–Crippen LogP) is 3.43. The Morgan fingerprint density at radius 3 is 1.67 bits per heavy atom. The number of nitrogens with one attached hydrogen (secondary N) is 1. The minimum Gasteiger partial charge on any atom is -0.316 e. The lowest BCUT2D eigenvalue weighted by molar-refractivity contribution is 0.593. The zero-order valence-corrected chi connectivity index (χ0v) is 10.8. The van der Waals surface area contributed by atoms with E-state index in [-0.39, 0.29) is 0 Å². The van der Waals surface area contributed by atoms with E-state index in [4.69, 9.17) is 0 Å². The van der Waals surface area contributed by atoms with Gasteiger partial charge >= 0.3 is 0 Å². The molecule has 1 nitrogen and oxygen atoms in total. The highest BCUT2D eigenvalue weighted by Gasteiger charge is 2.18. The van der Waals surface area contributed by atoms with Crippen molar-refractivity contribution in [3.63, 3.8) is 0 Å². The summed E-state index contributed by atoms with van der Waals surface area (Å²) < 4.78 is 0. The molecule has 15 heavy (non-hydrogen) atoms. The predicted molar refractivity (Wildman–Crippen MR) is 69.4 cm³/mol. The van der Waals surface area contributed by atoms with Gasteiger partial charge in [0.15, 0.2) is 0 Å². The highest BCUT2D eigenvalue weighted by molar-refractivity contribution is 5.33. The van der Waals surface area contributed by atoms with Gasteiger partial charge in [-0.1, -0.05) is 52.0 Å². The summed E-state index contributed by atoms with van der Waals surface area (Å²) in [6.45, 7) is 8.00. The summed E-state index contributed by atoms with van der Waals surface area (Å²) in [7, 11) is 2.04. The van der Waals surface area contributed by atoms with Gasteiger partial charge in [0.2, 0.25) is 0 Å². The first-order chi connectivity index (χ1) is 7.40. The second kappa shape index (κ2) is 8.49. The maximum absolute atomic E-state index is 3.31. The number of hydrogen-bond donors (Lipinski definition) is 1. The largest absolute Gasteiger partial charge is 0.316 e. The van der Waals surface area contributed by atoms with E-state index in [0.29, 0.717) is 6.04 Å². The first kappa shape index (κ1) is 14.2. The maximum atomic E-state index is 3.31. The van der Waals surface area contributed by atoms with Gasteiger partial charge in [-0.3, -0.25) is 0 Å². The molecule has 0 saturated heterocycles. The van der Waals surface area contributed by atoms with Crippen LogP contribution >= 0.6 is 0 Å². The van der Waals surface area contributed by atoms with Crippen LogP contribution in [0.15, 0.2) is 24.3 Å². The van der Waals surface area contributed by atoms with Crippen molar-refractivity contribution in [3.05, 3.63) is 35.4 Å². The SMILES string of the molecule is CC.CC.CNC1Cc2ccccc2C1. The molecular formula is C14H25N. The number of likely N-dealkylation sites (N-methyl/N-ethyl adjacent to an activating group) is 1. The van der Waals surface area contributed by atoms with Gasteiger partial charge in [0, 0.05) is 6.04 Å². The molecular weight excluding hydrogens is 182 g/mol. The molecule has 0 amide bonds. The quantitative estimate of drug-likeness (QED) is 0.744. The Hall–Kier alpha value is -0.820. The average Bonchev–Trinajstić information content (AvgIpc) is 2.77. The van der Waals surface area contributed by atoms with Crippen LogP contribution < -0.4 is 5.32 Å². The van der Waals surface area contributed by atoms with Crippen molar-refractivity contribution in [2.24, 2.45) is 0 Å². The molecule has 1 heteroatoms. The Kier molecular flexibility index (Phi) is 8.02. The Morgan fingerprint density at radius 2 is 1.33 bits per heavy atom. The van der Waals surface area contributed by atoms with Gasteiger partial charge in [0.25, 0.3) is 0 Å². The van der Waals surface area contributed by atoms with Crippen molar-refractivity contribution in [2.45, 2.75) is 46.6 Å². The molecule has 1 N–H and O–H groups in total. The van der Waals surface area contributed by atoms with Gasteiger partial charge in [0.05, 0.1) is 0 Å². The smallest absolute Gasteiger partial charge is 0.0145 e. The molecule has 1 aliphatic rings. The molecule has 1 aliphatic carbocycles. The zero-order chi connectivity index (χ0) is 11.7.